The first kappa shape index (κ1) is 19.0. The van der Waals surface area contributed by atoms with Crippen LogP contribution in [0.25, 0.3) is 10.9 Å². The molecule has 0 aliphatic carbocycles. The van der Waals surface area contributed by atoms with Gasteiger partial charge in [0, 0.05) is 34.2 Å². The first-order valence-corrected chi connectivity index (χ1v) is 9.53. The van der Waals surface area contributed by atoms with Gasteiger partial charge in [-0.25, -0.2) is 4.79 Å². The lowest BCUT2D eigenvalue weighted by Crippen LogP contribution is -2.38. The fourth-order valence-corrected chi connectivity index (χ4v) is 3.71. The molecule has 1 atom stereocenters. The minimum atomic E-state index is -0.702. The van der Waals surface area contributed by atoms with Gasteiger partial charge in [-0.1, -0.05) is 29.8 Å². The van der Waals surface area contributed by atoms with Crippen LogP contribution in [0, 0.1) is 6.92 Å². The van der Waals surface area contributed by atoms with Crippen molar-refractivity contribution in [3.63, 3.8) is 0 Å². The number of hydrogen-bond donors (Lipinski definition) is 3. The largest absolute Gasteiger partial charge is 0.361 e. The lowest BCUT2D eigenvalue weighted by atomic mass is 10.1. The number of fused-ring (bicyclic) bond motifs is 1. The summed E-state index contributed by atoms with van der Waals surface area (Å²) >= 11 is 5.92. The summed E-state index contributed by atoms with van der Waals surface area (Å²) < 4.78 is 0. The molecule has 3 N–H and O–H groups in total. The summed E-state index contributed by atoms with van der Waals surface area (Å²) in [7, 11) is 0. The molecule has 1 fully saturated rings. The number of aryl methyl sites for hydroxylation is 1. The molecule has 7 nitrogen and oxygen atoms in total. The third-order valence-electron chi connectivity index (χ3n) is 4.97. The Kier molecular flexibility index (Phi) is 4.98. The molecular formula is C21H19ClN4O3. The molecule has 148 valence electrons. The molecule has 3 aromatic rings. The van der Waals surface area contributed by atoms with Gasteiger partial charge in [-0.3, -0.25) is 14.5 Å². The molecule has 0 saturated carbocycles. The van der Waals surface area contributed by atoms with Crippen LogP contribution in [0.15, 0.2) is 48.7 Å². The maximum absolute atomic E-state index is 12.7. The van der Waals surface area contributed by atoms with E-state index in [1.165, 1.54) is 0 Å². The Bertz CT molecular complexity index is 1120. The Hall–Kier alpha value is -3.32. The van der Waals surface area contributed by atoms with Crippen molar-refractivity contribution in [3.05, 3.63) is 64.8 Å². The molecule has 4 amide bonds. The summed E-state index contributed by atoms with van der Waals surface area (Å²) in [5, 5.41) is 6.95. The van der Waals surface area contributed by atoms with Crippen molar-refractivity contribution in [2.45, 2.75) is 19.4 Å². The molecule has 1 aliphatic rings. The summed E-state index contributed by atoms with van der Waals surface area (Å²) in [6.45, 7) is 1.46. The standard InChI is InChI=1S/C21H19ClN4O3/c1-12-8-14(22)6-7-16(12)24-19(27)11-26-20(28)18(25-21(26)29)9-13-10-23-17-5-3-2-4-15(13)17/h2-8,10,18,23H,9,11H2,1H3,(H,24,27)(H,25,29). The number of amides is 4. The van der Waals surface area contributed by atoms with E-state index >= 15 is 0 Å². The quantitative estimate of drug-likeness (QED) is 0.563. The fourth-order valence-electron chi connectivity index (χ4n) is 3.49. The number of urea groups is 1. The van der Waals surface area contributed by atoms with E-state index in [0.717, 1.165) is 26.9 Å². The molecule has 1 unspecified atom stereocenters. The van der Waals surface area contributed by atoms with Crippen LogP contribution in [0.5, 0.6) is 0 Å². The maximum Gasteiger partial charge on any atom is 0.325 e. The number of para-hydroxylation sites is 1. The minimum absolute atomic E-state index is 0.350. The minimum Gasteiger partial charge on any atom is -0.361 e. The molecule has 0 spiro atoms. The van der Waals surface area contributed by atoms with Crippen LogP contribution < -0.4 is 10.6 Å². The van der Waals surface area contributed by atoms with Crippen molar-refractivity contribution in [2.75, 3.05) is 11.9 Å². The van der Waals surface area contributed by atoms with E-state index in [0.29, 0.717) is 17.1 Å². The fraction of sp³-hybridized carbons (Fsp3) is 0.190. The van der Waals surface area contributed by atoms with Crippen molar-refractivity contribution in [2.24, 2.45) is 0 Å². The molecule has 2 aromatic carbocycles. The van der Waals surface area contributed by atoms with Crippen LogP contribution in [-0.4, -0.2) is 40.3 Å². The molecule has 0 bridgehead atoms. The second-order valence-electron chi connectivity index (χ2n) is 7.00. The molecule has 1 aliphatic heterocycles. The smallest absolute Gasteiger partial charge is 0.325 e. The number of imide groups is 1. The van der Waals surface area contributed by atoms with E-state index in [2.05, 4.69) is 15.6 Å². The van der Waals surface area contributed by atoms with Gasteiger partial charge in [0.1, 0.15) is 12.6 Å². The zero-order valence-corrected chi connectivity index (χ0v) is 16.4. The number of anilines is 1. The van der Waals surface area contributed by atoms with Crippen LogP contribution in [0.1, 0.15) is 11.1 Å². The average Bonchev–Trinajstić information content (AvgIpc) is 3.21. The Morgan fingerprint density at radius 2 is 2.00 bits per heavy atom. The highest BCUT2D eigenvalue weighted by Crippen LogP contribution is 2.22. The molecule has 8 heteroatoms. The summed E-state index contributed by atoms with van der Waals surface area (Å²) in [4.78, 5) is 41.5. The summed E-state index contributed by atoms with van der Waals surface area (Å²) in [6.07, 6.45) is 2.19. The third-order valence-corrected chi connectivity index (χ3v) is 5.21. The second-order valence-corrected chi connectivity index (χ2v) is 7.43. The van der Waals surface area contributed by atoms with Gasteiger partial charge >= 0.3 is 6.03 Å². The number of aromatic amines is 1. The van der Waals surface area contributed by atoms with Gasteiger partial charge in [-0.15, -0.1) is 0 Å². The van der Waals surface area contributed by atoms with E-state index in [9.17, 15) is 14.4 Å². The average molecular weight is 411 g/mol. The zero-order chi connectivity index (χ0) is 20.5. The second kappa shape index (κ2) is 7.60. The SMILES string of the molecule is Cc1cc(Cl)ccc1NC(=O)CN1C(=O)NC(Cc2c[nH]c3ccccc23)C1=O. The van der Waals surface area contributed by atoms with E-state index in [-0.39, 0.29) is 6.54 Å². The van der Waals surface area contributed by atoms with Gasteiger partial charge in [0.05, 0.1) is 0 Å². The predicted molar refractivity (Wildman–Crippen MR) is 111 cm³/mol. The Morgan fingerprint density at radius 1 is 1.21 bits per heavy atom. The number of aromatic nitrogens is 1. The van der Waals surface area contributed by atoms with Crippen molar-refractivity contribution < 1.29 is 14.4 Å². The maximum atomic E-state index is 12.7. The summed E-state index contributed by atoms with van der Waals surface area (Å²) in [5.74, 6) is -0.866. The van der Waals surface area contributed by atoms with Crippen molar-refractivity contribution in [1.29, 1.82) is 0 Å². The van der Waals surface area contributed by atoms with Gasteiger partial charge in [0.15, 0.2) is 0 Å². The highest BCUT2D eigenvalue weighted by molar-refractivity contribution is 6.30. The summed E-state index contributed by atoms with van der Waals surface area (Å²) in [5.41, 5.74) is 3.28. The molecule has 2 heterocycles. The summed E-state index contributed by atoms with van der Waals surface area (Å²) in [6, 6.07) is 11.6. The molecular weight excluding hydrogens is 392 g/mol. The number of halogens is 1. The Labute approximate surface area is 172 Å². The van der Waals surface area contributed by atoms with Crippen molar-refractivity contribution in [3.8, 4) is 0 Å². The van der Waals surface area contributed by atoms with Crippen LogP contribution >= 0.6 is 11.6 Å². The van der Waals surface area contributed by atoms with E-state index in [1.807, 2.05) is 37.4 Å². The van der Waals surface area contributed by atoms with Crippen LogP contribution in [0.3, 0.4) is 0 Å². The molecule has 0 radical (unpaired) electrons. The van der Waals surface area contributed by atoms with Gasteiger partial charge in [0.2, 0.25) is 5.91 Å². The van der Waals surface area contributed by atoms with Crippen LogP contribution in [0.4, 0.5) is 10.5 Å². The number of carbonyl (C=O) groups is 3. The number of carbonyl (C=O) groups excluding carboxylic acids is 3. The highest BCUT2D eigenvalue weighted by atomic mass is 35.5. The van der Waals surface area contributed by atoms with Gasteiger partial charge in [-0.2, -0.15) is 0 Å². The number of hydrogen-bond acceptors (Lipinski definition) is 3. The number of rotatable bonds is 5. The number of nitrogens with one attached hydrogen (secondary N) is 3. The number of H-pyrrole nitrogens is 1. The molecule has 29 heavy (non-hydrogen) atoms. The Morgan fingerprint density at radius 3 is 2.79 bits per heavy atom. The third kappa shape index (κ3) is 3.82. The van der Waals surface area contributed by atoms with Gasteiger partial charge < -0.3 is 15.6 Å². The van der Waals surface area contributed by atoms with Crippen molar-refractivity contribution >= 4 is 46.0 Å². The van der Waals surface area contributed by atoms with E-state index < -0.39 is 23.9 Å². The number of benzene rings is 2. The normalized spacial score (nSPS) is 16.3. The number of nitrogens with zero attached hydrogens (tertiary/aromatic N) is 1. The van der Waals surface area contributed by atoms with E-state index in [4.69, 9.17) is 11.6 Å². The van der Waals surface area contributed by atoms with Crippen LogP contribution in [0.2, 0.25) is 5.02 Å². The Balaban J connectivity index is 1.43. The first-order chi connectivity index (χ1) is 13.9. The van der Waals surface area contributed by atoms with Gasteiger partial charge in [0.25, 0.3) is 5.91 Å². The molecule has 1 aromatic heterocycles. The first-order valence-electron chi connectivity index (χ1n) is 9.15. The highest BCUT2D eigenvalue weighted by Gasteiger charge is 2.39. The van der Waals surface area contributed by atoms with E-state index in [1.54, 1.807) is 18.2 Å². The topological polar surface area (TPSA) is 94.3 Å². The lowest BCUT2D eigenvalue weighted by molar-refractivity contribution is -0.130. The lowest BCUT2D eigenvalue weighted by Gasteiger charge is -2.14. The predicted octanol–water partition coefficient (Wildman–Crippen LogP) is 3.23. The molecule has 1 saturated heterocycles. The monoisotopic (exact) mass is 410 g/mol. The van der Waals surface area contributed by atoms with Gasteiger partial charge in [-0.05, 0) is 42.3 Å². The van der Waals surface area contributed by atoms with Crippen molar-refractivity contribution in [1.82, 2.24) is 15.2 Å². The van der Waals surface area contributed by atoms with Crippen LogP contribution in [-0.2, 0) is 16.0 Å². The molecule has 4 rings (SSSR count). The zero-order valence-electron chi connectivity index (χ0n) is 15.7.